The molecule has 0 radical (unpaired) electrons. The molecule has 1 N–H and O–H groups in total. The first-order chi connectivity index (χ1) is 12.3. The largest absolute Gasteiger partial charge is 0.334 e. The summed E-state index contributed by atoms with van der Waals surface area (Å²) in [6, 6.07) is 11.6. The van der Waals surface area contributed by atoms with Crippen molar-refractivity contribution >= 4 is 6.03 Å². The van der Waals surface area contributed by atoms with Crippen LogP contribution in [0.5, 0.6) is 0 Å². The predicted octanol–water partition coefficient (Wildman–Crippen LogP) is 2.96. The number of piperidine rings is 1. The van der Waals surface area contributed by atoms with Crippen LogP contribution in [0, 0.1) is 5.92 Å². The zero-order chi connectivity index (χ0) is 16.8. The normalized spacial score (nSPS) is 28.2. The average Bonchev–Trinajstić information content (AvgIpc) is 3.09. The Morgan fingerprint density at radius 1 is 1.12 bits per heavy atom. The summed E-state index contributed by atoms with van der Waals surface area (Å²) in [4.78, 5) is 14.7. The number of nitrogens with zero attached hydrogens (tertiary/aromatic N) is 3. The molecule has 2 aromatic rings. The van der Waals surface area contributed by atoms with E-state index in [1.54, 1.807) is 0 Å². The highest BCUT2D eigenvalue weighted by Gasteiger charge is 2.54. The molecule has 3 atom stereocenters. The van der Waals surface area contributed by atoms with E-state index in [4.69, 9.17) is 0 Å². The van der Waals surface area contributed by atoms with Gasteiger partial charge in [-0.1, -0.05) is 24.3 Å². The van der Waals surface area contributed by atoms with Crippen molar-refractivity contribution in [2.24, 2.45) is 5.92 Å². The van der Waals surface area contributed by atoms with E-state index in [1.165, 1.54) is 17.5 Å². The van der Waals surface area contributed by atoms with Gasteiger partial charge in [0.15, 0.2) is 0 Å². The van der Waals surface area contributed by atoms with Crippen LogP contribution in [0.25, 0.3) is 0 Å². The standard InChI is InChI=1S/C20H24N4O/c25-20(23-12-8-15(9-13-23)24-11-3-10-21-24)22-19-17-7-6-14-4-1-2-5-16(14)18(17)19/h1-5,10-11,15,17-19H,6-9,12-13H2,(H,22,25)/t17-,18+,19-/m1/s1. The number of carbonyl (C=O) groups excluding carboxylic acids is 1. The minimum absolute atomic E-state index is 0.121. The Hall–Kier alpha value is -2.30. The van der Waals surface area contributed by atoms with E-state index in [0.717, 1.165) is 32.4 Å². The lowest BCUT2D eigenvalue weighted by Crippen LogP contribution is -2.46. The molecule has 2 amide bonds. The predicted molar refractivity (Wildman–Crippen MR) is 95.4 cm³/mol. The molecule has 3 aliphatic rings. The highest BCUT2D eigenvalue weighted by atomic mass is 16.2. The molecule has 1 aromatic heterocycles. The molecule has 25 heavy (non-hydrogen) atoms. The minimum atomic E-state index is 0.121. The molecule has 0 unspecified atom stereocenters. The maximum absolute atomic E-state index is 12.7. The van der Waals surface area contributed by atoms with E-state index < -0.39 is 0 Å². The van der Waals surface area contributed by atoms with Crippen LogP contribution in [0.3, 0.4) is 0 Å². The second kappa shape index (κ2) is 5.90. The Morgan fingerprint density at radius 3 is 2.76 bits per heavy atom. The molecular weight excluding hydrogens is 312 g/mol. The third-order valence-electron chi connectivity index (χ3n) is 6.27. The minimum Gasteiger partial charge on any atom is -0.334 e. The SMILES string of the molecule is O=C(N[C@@H]1[C@@H]2CCc3ccccc3[C@@H]21)N1CCC(n2cccn2)CC1. The van der Waals surface area contributed by atoms with Crippen LogP contribution in [0.4, 0.5) is 4.79 Å². The van der Waals surface area contributed by atoms with Crippen molar-refractivity contribution in [2.75, 3.05) is 13.1 Å². The smallest absolute Gasteiger partial charge is 0.317 e. The van der Waals surface area contributed by atoms with Gasteiger partial charge in [-0.2, -0.15) is 5.10 Å². The van der Waals surface area contributed by atoms with E-state index in [2.05, 4.69) is 34.7 Å². The number of carbonyl (C=O) groups is 1. The number of rotatable bonds is 2. The summed E-state index contributed by atoms with van der Waals surface area (Å²) in [6.07, 6.45) is 8.16. The van der Waals surface area contributed by atoms with Gasteiger partial charge < -0.3 is 10.2 Å². The first kappa shape index (κ1) is 15.0. The molecule has 1 aliphatic heterocycles. The van der Waals surface area contributed by atoms with Gasteiger partial charge in [-0.15, -0.1) is 0 Å². The monoisotopic (exact) mass is 336 g/mol. The second-order valence-corrected chi connectivity index (χ2v) is 7.61. The lowest BCUT2D eigenvalue weighted by molar-refractivity contribution is 0.167. The Balaban J connectivity index is 1.19. The summed E-state index contributed by atoms with van der Waals surface area (Å²) in [5.41, 5.74) is 2.93. The third-order valence-corrected chi connectivity index (χ3v) is 6.27. The van der Waals surface area contributed by atoms with Crippen molar-refractivity contribution < 1.29 is 4.79 Å². The number of amides is 2. The Labute approximate surface area is 148 Å². The molecule has 1 saturated heterocycles. The lowest BCUT2D eigenvalue weighted by atomic mass is 9.92. The fourth-order valence-corrected chi connectivity index (χ4v) is 4.83. The van der Waals surface area contributed by atoms with Crippen LogP contribution in [-0.4, -0.2) is 39.8 Å². The van der Waals surface area contributed by atoms with Crippen molar-refractivity contribution in [1.29, 1.82) is 0 Å². The van der Waals surface area contributed by atoms with Crippen LogP contribution in [0.2, 0.25) is 0 Å². The van der Waals surface area contributed by atoms with Gasteiger partial charge in [0.2, 0.25) is 0 Å². The number of hydrogen-bond acceptors (Lipinski definition) is 2. The van der Waals surface area contributed by atoms with E-state index >= 15 is 0 Å². The van der Waals surface area contributed by atoms with E-state index in [1.807, 2.05) is 28.0 Å². The summed E-state index contributed by atoms with van der Waals surface area (Å²) in [7, 11) is 0. The zero-order valence-electron chi connectivity index (χ0n) is 14.3. The molecular formula is C20H24N4O. The first-order valence-corrected chi connectivity index (χ1v) is 9.43. The molecule has 2 aliphatic carbocycles. The van der Waals surface area contributed by atoms with Crippen molar-refractivity contribution in [3.8, 4) is 0 Å². The summed E-state index contributed by atoms with van der Waals surface area (Å²) >= 11 is 0. The molecule has 0 bridgehead atoms. The highest BCUT2D eigenvalue weighted by molar-refractivity contribution is 5.75. The van der Waals surface area contributed by atoms with Gasteiger partial charge in [0.1, 0.15) is 0 Å². The van der Waals surface area contributed by atoms with Crippen LogP contribution in [-0.2, 0) is 6.42 Å². The number of fused-ring (bicyclic) bond motifs is 3. The topological polar surface area (TPSA) is 50.2 Å². The van der Waals surface area contributed by atoms with Crippen LogP contribution in [0.1, 0.15) is 42.3 Å². The molecule has 1 aromatic carbocycles. The van der Waals surface area contributed by atoms with E-state index in [9.17, 15) is 4.79 Å². The summed E-state index contributed by atoms with van der Waals surface area (Å²) in [5.74, 6) is 1.18. The number of urea groups is 1. The number of aromatic nitrogens is 2. The number of hydrogen-bond donors (Lipinski definition) is 1. The zero-order valence-corrected chi connectivity index (χ0v) is 14.3. The van der Waals surface area contributed by atoms with Crippen LogP contribution < -0.4 is 5.32 Å². The van der Waals surface area contributed by atoms with Crippen molar-refractivity contribution in [2.45, 2.75) is 43.7 Å². The molecule has 5 rings (SSSR count). The van der Waals surface area contributed by atoms with Gasteiger partial charge in [0.05, 0.1) is 6.04 Å². The van der Waals surface area contributed by atoms with Gasteiger partial charge >= 0.3 is 6.03 Å². The fraction of sp³-hybridized carbons (Fsp3) is 0.500. The van der Waals surface area contributed by atoms with Crippen molar-refractivity contribution in [3.63, 3.8) is 0 Å². The second-order valence-electron chi connectivity index (χ2n) is 7.61. The quantitative estimate of drug-likeness (QED) is 0.917. The Kier molecular flexibility index (Phi) is 3.54. The van der Waals surface area contributed by atoms with Gasteiger partial charge in [-0.25, -0.2) is 4.79 Å². The maximum Gasteiger partial charge on any atom is 0.317 e. The summed E-state index contributed by atoms with van der Waals surface area (Å²) < 4.78 is 2.03. The van der Waals surface area contributed by atoms with E-state index in [-0.39, 0.29) is 6.03 Å². The maximum atomic E-state index is 12.7. The van der Waals surface area contributed by atoms with Gasteiger partial charge in [-0.05, 0) is 48.8 Å². The molecule has 1 saturated carbocycles. The molecule has 2 heterocycles. The highest BCUT2D eigenvalue weighted by Crippen LogP contribution is 2.54. The molecule has 2 fully saturated rings. The van der Waals surface area contributed by atoms with Gasteiger partial charge in [0.25, 0.3) is 0 Å². The number of likely N-dealkylation sites (tertiary alicyclic amines) is 1. The van der Waals surface area contributed by atoms with Gasteiger partial charge in [0, 0.05) is 37.4 Å². The summed E-state index contributed by atoms with van der Waals surface area (Å²) in [6.45, 7) is 1.63. The molecule has 0 spiro atoms. The number of benzene rings is 1. The van der Waals surface area contributed by atoms with Crippen LogP contribution >= 0.6 is 0 Å². The average molecular weight is 336 g/mol. The Bertz CT molecular complexity index is 764. The fourth-order valence-electron chi connectivity index (χ4n) is 4.83. The van der Waals surface area contributed by atoms with E-state index in [0.29, 0.717) is 23.9 Å². The van der Waals surface area contributed by atoms with Crippen LogP contribution in [0.15, 0.2) is 42.7 Å². The Morgan fingerprint density at radius 2 is 1.96 bits per heavy atom. The first-order valence-electron chi connectivity index (χ1n) is 9.43. The lowest BCUT2D eigenvalue weighted by Gasteiger charge is -2.32. The van der Waals surface area contributed by atoms with Gasteiger partial charge in [-0.3, -0.25) is 4.68 Å². The van der Waals surface area contributed by atoms with Crippen molar-refractivity contribution in [3.05, 3.63) is 53.9 Å². The number of aryl methyl sites for hydroxylation is 1. The summed E-state index contributed by atoms with van der Waals surface area (Å²) in [5, 5.41) is 7.66. The van der Waals surface area contributed by atoms with Crippen molar-refractivity contribution in [1.82, 2.24) is 20.0 Å². The number of nitrogens with one attached hydrogen (secondary N) is 1. The third kappa shape index (κ3) is 2.62. The molecule has 130 valence electrons. The molecule has 5 heteroatoms. The molecule has 5 nitrogen and oxygen atoms in total.